The van der Waals surface area contributed by atoms with E-state index in [9.17, 15) is 5.11 Å². The standard InChI is InChI=1S/C11H13N5OS2/c17-5-8-13-14-10(16(8)7-3-4-7)18-11-12-9(15-19-11)6-1-2-6/h6-7,17H,1-5H2. The highest BCUT2D eigenvalue weighted by Gasteiger charge is 2.31. The van der Waals surface area contributed by atoms with Gasteiger partial charge in [-0.3, -0.25) is 0 Å². The van der Waals surface area contributed by atoms with Gasteiger partial charge < -0.3 is 9.67 Å². The van der Waals surface area contributed by atoms with Crippen LogP contribution in [0, 0.1) is 0 Å². The lowest BCUT2D eigenvalue weighted by Crippen LogP contribution is -2.02. The predicted octanol–water partition coefficient (Wildman–Crippen LogP) is 1.99. The fraction of sp³-hybridized carbons (Fsp3) is 0.636. The first-order valence-corrected chi connectivity index (χ1v) is 8.00. The van der Waals surface area contributed by atoms with Gasteiger partial charge in [-0.2, -0.15) is 4.37 Å². The van der Waals surface area contributed by atoms with E-state index in [0.717, 1.165) is 28.2 Å². The highest BCUT2D eigenvalue weighted by atomic mass is 32.2. The summed E-state index contributed by atoms with van der Waals surface area (Å²) in [4.78, 5) is 4.55. The zero-order chi connectivity index (χ0) is 12.8. The number of aromatic nitrogens is 5. The largest absolute Gasteiger partial charge is 0.388 e. The van der Waals surface area contributed by atoms with Crippen molar-refractivity contribution in [3.63, 3.8) is 0 Å². The van der Waals surface area contributed by atoms with Crippen LogP contribution < -0.4 is 0 Å². The maximum absolute atomic E-state index is 9.30. The average Bonchev–Trinajstić information content (AvgIpc) is 3.35. The number of nitrogens with zero attached hydrogens (tertiary/aromatic N) is 5. The van der Waals surface area contributed by atoms with Crippen molar-refractivity contribution in [1.82, 2.24) is 24.1 Å². The number of rotatable bonds is 5. The maximum Gasteiger partial charge on any atom is 0.198 e. The Bertz CT molecular complexity index is 602. The number of hydrogen-bond donors (Lipinski definition) is 1. The third-order valence-corrected chi connectivity index (χ3v) is 5.06. The first kappa shape index (κ1) is 11.8. The Balaban J connectivity index is 1.59. The summed E-state index contributed by atoms with van der Waals surface area (Å²) in [6.07, 6.45) is 4.71. The lowest BCUT2D eigenvalue weighted by Gasteiger charge is -2.05. The molecule has 0 spiro atoms. The number of aliphatic hydroxyl groups excluding tert-OH is 1. The Morgan fingerprint density at radius 3 is 2.79 bits per heavy atom. The van der Waals surface area contributed by atoms with E-state index in [4.69, 9.17) is 0 Å². The van der Waals surface area contributed by atoms with Crippen LogP contribution in [0.1, 0.15) is 49.3 Å². The lowest BCUT2D eigenvalue weighted by atomic mass is 10.4. The molecule has 6 nitrogen and oxygen atoms in total. The van der Waals surface area contributed by atoms with E-state index in [1.54, 1.807) is 0 Å². The molecular formula is C11H13N5OS2. The van der Waals surface area contributed by atoms with Crippen molar-refractivity contribution in [2.75, 3.05) is 0 Å². The fourth-order valence-electron chi connectivity index (χ4n) is 2.03. The first-order chi connectivity index (χ1) is 9.35. The summed E-state index contributed by atoms with van der Waals surface area (Å²) >= 11 is 2.94. The molecule has 2 aliphatic rings. The van der Waals surface area contributed by atoms with Gasteiger partial charge in [0.25, 0.3) is 0 Å². The predicted molar refractivity (Wildman–Crippen MR) is 70.2 cm³/mol. The van der Waals surface area contributed by atoms with Crippen LogP contribution >= 0.6 is 23.3 Å². The molecule has 0 saturated heterocycles. The van der Waals surface area contributed by atoms with Crippen molar-refractivity contribution in [3.05, 3.63) is 11.6 Å². The summed E-state index contributed by atoms with van der Waals surface area (Å²) in [5.41, 5.74) is 0. The van der Waals surface area contributed by atoms with Crippen LogP contribution in [0.3, 0.4) is 0 Å². The van der Waals surface area contributed by atoms with Crippen LogP contribution in [-0.2, 0) is 6.61 Å². The molecule has 2 aromatic heterocycles. The molecule has 2 fully saturated rings. The van der Waals surface area contributed by atoms with Gasteiger partial charge >= 0.3 is 0 Å². The molecule has 0 atom stereocenters. The third-order valence-electron chi connectivity index (χ3n) is 3.33. The van der Waals surface area contributed by atoms with E-state index in [1.165, 1.54) is 36.1 Å². The van der Waals surface area contributed by atoms with Gasteiger partial charge in [0.15, 0.2) is 15.3 Å². The quantitative estimate of drug-likeness (QED) is 0.909. The van der Waals surface area contributed by atoms with Gasteiger partial charge in [-0.25, -0.2) is 4.98 Å². The van der Waals surface area contributed by atoms with Crippen LogP contribution in [-0.4, -0.2) is 29.2 Å². The Hall–Kier alpha value is -0.990. The second-order valence-corrected chi connectivity index (χ2v) is 6.92. The molecule has 0 amide bonds. The lowest BCUT2D eigenvalue weighted by molar-refractivity contribution is 0.263. The molecule has 0 aliphatic heterocycles. The van der Waals surface area contributed by atoms with Crippen molar-refractivity contribution in [3.8, 4) is 0 Å². The number of hydrogen-bond acceptors (Lipinski definition) is 7. The van der Waals surface area contributed by atoms with Gasteiger partial charge in [-0.1, -0.05) is 0 Å². The van der Waals surface area contributed by atoms with E-state index < -0.39 is 0 Å². The molecule has 2 aliphatic carbocycles. The van der Waals surface area contributed by atoms with E-state index in [-0.39, 0.29) is 6.61 Å². The van der Waals surface area contributed by atoms with Crippen molar-refractivity contribution in [2.24, 2.45) is 0 Å². The van der Waals surface area contributed by atoms with E-state index in [1.807, 2.05) is 4.57 Å². The molecule has 2 saturated carbocycles. The van der Waals surface area contributed by atoms with Crippen molar-refractivity contribution in [1.29, 1.82) is 0 Å². The van der Waals surface area contributed by atoms with Crippen LogP contribution in [0.2, 0.25) is 0 Å². The van der Waals surface area contributed by atoms with E-state index >= 15 is 0 Å². The zero-order valence-electron chi connectivity index (χ0n) is 10.2. The summed E-state index contributed by atoms with van der Waals surface area (Å²) in [5, 5.41) is 18.3. The SMILES string of the molecule is OCc1nnc(Sc2nc(C3CC3)ns2)n1C1CC1. The maximum atomic E-state index is 9.30. The van der Waals surface area contributed by atoms with Crippen molar-refractivity contribution in [2.45, 2.75) is 53.7 Å². The normalized spacial score (nSPS) is 19.0. The highest BCUT2D eigenvalue weighted by molar-refractivity contribution is 8.00. The van der Waals surface area contributed by atoms with Crippen molar-refractivity contribution >= 4 is 23.3 Å². The van der Waals surface area contributed by atoms with Gasteiger partial charge in [-0.15, -0.1) is 10.2 Å². The summed E-state index contributed by atoms with van der Waals surface area (Å²) in [7, 11) is 0. The van der Waals surface area contributed by atoms with Gasteiger partial charge in [0.05, 0.1) is 0 Å². The first-order valence-electron chi connectivity index (χ1n) is 6.41. The molecule has 2 heterocycles. The molecule has 0 unspecified atom stereocenters. The second kappa shape index (κ2) is 4.53. The molecule has 4 rings (SSSR count). The molecule has 8 heteroatoms. The van der Waals surface area contributed by atoms with Gasteiger partial charge in [0, 0.05) is 12.0 Å². The van der Waals surface area contributed by atoms with Crippen LogP contribution in [0.5, 0.6) is 0 Å². The second-order valence-electron chi connectivity index (χ2n) is 4.95. The van der Waals surface area contributed by atoms with Crippen LogP contribution in [0.4, 0.5) is 0 Å². The molecule has 0 aromatic carbocycles. The fourth-order valence-corrected chi connectivity index (χ4v) is 3.74. The summed E-state index contributed by atoms with van der Waals surface area (Å²) in [6.45, 7) is -0.0620. The Morgan fingerprint density at radius 1 is 1.26 bits per heavy atom. The summed E-state index contributed by atoms with van der Waals surface area (Å²) in [5.74, 6) is 2.21. The smallest absolute Gasteiger partial charge is 0.198 e. The molecular weight excluding hydrogens is 282 g/mol. The zero-order valence-corrected chi connectivity index (χ0v) is 11.8. The highest BCUT2D eigenvalue weighted by Crippen LogP contribution is 2.42. The summed E-state index contributed by atoms with van der Waals surface area (Å²) < 4.78 is 7.36. The molecule has 19 heavy (non-hydrogen) atoms. The molecule has 0 bridgehead atoms. The molecule has 1 N–H and O–H groups in total. The Kier molecular flexibility index (Phi) is 2.82. The monoisotopic (exact) mass is 295 g/mol. The van der Waals surface area contributed by atoms with E-state index in [2.05, 4.69) is 19.6 Å². The Labute approximate surface area is 118 Å². The van der Waals surface area contributed by atoms with Gasteiger partial charge in [0.2, 0.25) is 0 Å². The van der Waals surface area contributed by atoms with Gasteiger partial charge in [-0.05, 0) is 49.0 Å². The molecule has 0 radical (unpaired) electrons. The molecule has 2 aromatic rings. The van der Waals surface area contributed by atoms with Crippen molar-refractivity contribution < 1.29 is 5.11 Å². The average molecular weight is 295 g/mol. The minimum absolute atomic E-state index is 0.0620. The van der Waals surface area contributed by atoms with Crippen LogP contribution in [0.15, 0.2) is 9.50 Å². The number of aliphatic hydroxyl groups is 1. The van der Waals surface area contributed by atoms with E-state index in [0.29, 0.717) is 17.8 Å². The summed E-state index contributed by atoms with van der Waals surface area (Å²) in [6, 6.07) is 0.454. The molecule has 100 valence electrons. The van der Waals surface area contributed by atoms with Crippen LogP contribution in [0.25, 0.3) is 0 Å². The Morgan fingerprint density at radius 2 is 2.11 bits per heavy atom. The van der Waals surface area contributed by atoms with Gasteiger partial charge in [0.1, 0.15) is 12.4 Å². The minimum Gasteiger partial charge on any atom is -0.388 e. The minimum atomic E-state index is -0.0620. The topological polar surface area (TPSA) is 76.7 Å². The third kappa shape index (κ3) is 2.28.